The van der Waals surface area contributed by atoms with Crippen LogP contribution >= 0.6 is 11.3 Å². The summed E-state index contributed by atoms with van der Waals surface area (Å²) in [6, 6.07) is 3.74. The van der Waals surface area contributed by atoms with Crippen LogP contribution in [0.3, 0.4) is 0 Å². The van der Waals surface area contributed by atoms with E-state index in [2.05, 4.69) is 24.1 Å². The van der Waals surface area contributed by atoms with Crippen molar-refractivity contribution in [3.8, 4) is 0 Å². The van der Waals surface area contributed by atoms with Gasteiger partial charge in [0.2, 0.25) is 5.91 Å². The second kappa shape index (κ2) is 5.93. The minimum absolute atomic E-state index is 0.0793. The second-order valence-corrected chi connectivity index (χ2v) is 6.44. The normalized spacial score (nSPS) is 24.6. The van der Waals surface area contributed by atoms with Crippen LogP contribution < -0.4 is 5.32 Å². The van der Waals surface area contributed by atoms with Gasteiger partial charge >= 0.3 is 5.97 Å². The summed E-state index contributed by atoms with van der Waals surface area (Å²) in [6.45, 7) is 6.18. The Kier molecular flexibility index (Phi) is 4.45. The molecule has 110 valence electrons. The highest BCUT2D eigenvalue weighted by molar-refractivity contribution is 7.18. The molecule has 0 aromatic carbocycles. The highest BCUT2D eigenvalue weighted by Crippen LogP contribution is 2.27. The number of carbonyl (C=O) groups excluding carboxylic acids is 1. The summed E-state index contributed by atoms with van der Waals surface area (Å²) in [7, 11) is 0. The molecular formula is C14H20N2O3S. The Morgan fingerprint density at radius 1 is 1.35 bits per heavy atom. The lowest BCUT2D eigenvalue weighted by molar-refractivity contribution is -0.121. The molecule has 2 rings (SSSR count). The quantitative estimate of drug-likeness (QED) is 0.896. The first-order valence-electron chi connectivity index (χ1n) is 6.81. The van der Waals surface area contributed by atoms with Crippen molar-refractivity contribution in [1.82, 2.24) is 4.90 Å². The molecule has 5 nitrogen and oxygen atoms in total. The minimum atomic E-state index is -0.967. The van der Waals surface area contributed by atoms with Crippen molar-refractivity contribution in [2.75, 3.05) is 5.32 Å². The van der Waals surface area contributed by atoms with Crippen LogP contribution in [0.15, 0.2) is 12.1 Å². The lowest BCUT2D eigenvalue weighted by atomic mass is 10.2. The Morgan fingerprint density at radius 2 is 1.95 bits per heavy atom. The van der Waals surface area contributed by atoms with Gasteiger partial charge in [0.25, 0.3) is 0 Å². The first-order chi connectivity index (χ1) is 9.40. The summed E-state index contributed by atoms with van der Waals surface area (Å²) in [5.41, 5.74) is 0. The van der Waals surface area contributed by atoms with E-state index in [-0.39, 0.29) is 16.8 Å². The van der Waals surface area contributed by atoms with Crippen LogP contribution in [0.2, 0.25) is 0 Å². The standard InChI is InChI=1S/C14H20N2O3S/c1-8-4-5-9(2)16(8)10(3)13(17)15-12-7-6-11(20-12)14(18)19/h6-10H,4-5H2,1-3H3,(H,15,17)(H,18,19). The first-order valence-corrected chi connectivity index (χ1v) is 7.63. The lowest BCUT2D eigenvalue weighted by Crippen LogP contribution is -2.46. The van der Waals surface area contributed by atoms with Crippen LogP contribution in [-0.2, 0) is 4.79 Å². The van der Waals surface area contributed by atoms with E-state index in [1.165, 1.54) is 6.07 Å². The van der Waals surface area contributed by atoms with Crippen LogP contribution in [0.25, 0.3) is 0 Å². The molecule has 6 heteroatoms. The van der Waals surface area contributed by atoms with Gasteiger partial charge in [0.15, 0.2) is 0 Å². The molecule has 1 amide bonds. The molecule has 1 fully saturated rings. The molecule has 1 aromatic heterocycles. The molecule has 20 heavy (non-hydrogen) atoms. The van der Waals surface area contributed by atoms with E-state index in [0.717, 1.165) is 24.2 Å². The molecule has 1 aromatic rings. The summed E-state index contributed by atoms with van der Waals surface area (Å²) in [4.78, 5) is 25.6. The van der Waals surface area contributed by atoms with Gasteiger partial charge in [0.05, 0.1) is 11.0 Å². The summed E-state index contributed by atoms with van der Waals surface area (Å²) in [6.07, 6.45) is 2.22. The molecule has 0 aliphatic carbocycles. The maximum atomic E-state index is 12.3. The summed E-state index contributed by atoms with van der Waals surface area (Å²) >= 11 is 1.08. The van der Waals surface area contributed by atoms with Crippen molar-refractivity contribution in [3.63, 3.8) is 0 Å². The smallest absolute Gasteiger partial charge is 0.345 e. The molecule has 2 N–H and O–H groups in total. The van der Waals surface area contributed by atoms with E-state index in [4.69, 9.17) is 5.11 Å². The van der Waals surface area contributed by atoms with Crippen molar-refractivity contribution in [2.45, 2.75) is 51.7 Å². The molecule has 3 atom stereocenters. The topological polar surface area (TPSA) is 69.6 Å². The molecule has 0 bridgehead atoms. The maximum Gasteiger partial charge on any atom is 0.345 e. The van der Waals surface area contributed by atoms with E-state index in [1.807, 2.05) is 6.92 Å². The van der Waals surface area contributed by atoms with Gasteiger partial charge < -0.3 is 10.4 Å². The molecular weight excluding hydrogens is 276 g/mol. The van der Waals surface area contributed by atoms with Gasteiger partial charge in [0, 0.05) is 12.1 Å². The van der Waals surface area contributed by atoms with Crippen LogP contribution in [0.1, 0.15) is 43.3 Å². The van der Waals surface area contributed by atoms with Crippen molar-refractivity contribution in [1.29, 1.82) is 0 Å². The van der Waals surface area contributed by atoms with E-state index >= 15 is 0 Å². The second-order valence-electron chi connectivity index (χ2n) is 5.36. The Hall–Kier alpha value is -1.40. The number of likely N-dealkylation sites (tertiary alicyclic amines) is 1. The van der Waals surface area contributed by atoms with E-state index in [0.29, 0.717) is 17.1 Å². The largest absolute Gasteiger partial charge is 0.477 e. The van der Waals surface area contributed by atoms with Gasteiger partial charge in [-0.15, -0.1) is 11.3 Å². The molecule has 1 aliphatic rings. The molecule has 0 spiro atoms. The third-order valence-electron chi connectivity index (χ3n) is 3.91. The van der Waals surface area contributed by atoms with Gasteiger partial charge in [-0.25, -0.2) is 4.79 Å². The van der Waals surface area contributed by atoms with Gasteiger partial charge in [0.1, 0.15) is 4.88 Å². The van der Waals surface area contributed by atoms with Crippen molar-refractivity contribution >= 4 is 28.2 Å². The van der Waals surface area contributed by atoms with E-state index in [1.54, 1.807) is 6.07 Å². The molecule has 0 saturated carbocycles. The molecule has 3 unspecified atom stereocenters. The predicted octanol–water partition coefficient (Wildman–Crippen LogP) is 2.65. The molecule has 2 heterocycles. The number of nitrogens with one attached hydrogen (secondary N) is 1. The number of anilines is 1. The monoisotopic (exact) mass is 296 g/mol. The van der Waals surface area contributed by atoms with Gasteiger partial charge in [-0.2, -0.15) is 0 Å². The summed E-state index contributed by atoms with van der Waals surface area (Å²) < 4.78 is 0. The van der Waals surface area contributed by atoms with Gasteiger partial charge in [-0.1, -0.05) is 0 Å². The fourth-order valence-electron chi connectivity index (χ4n) is 2.86. The van der Waals surface area contributed by atoms with E-state index in [9.17, 15) is 9.59 Å². The van der Waals surface area contributed by atoms with Crippen LogP contribution in [0.5, 0.6) is 0 Å². The Bertz CT molecular complexity index is 504. The number of carboxylic acids is 1. The fraction of sp³-hybridized carbons (Fsp3) is 0.571. The zero-order valence-electron chi connectivity index (χ0n) is 11.9. The average Bonchev–Trinajstić information content (AvgIpc) is 2.96. The zero-order valence-corrected chi connectivity index (χ0v) is 12.7. The molecule has 1 aliphatic heterocycles. The molecule has 0 radical (unpaired) electrons. The number of carboxylic acid groups (broad SMARTS) is 1. The highest BCUT2D eigenvalue weighted by Gasteiger charge is 2.34. The zero-order chi connectivity index (χ0) is 14.9. The van der Waals surface area contributed by atoms with Crippen molar-refractivity contribution < 1.29 is 14.7 Å². The van der Waals surface area contributed by atoms with Crippen molar-refractivity contribution in [3.05, 3.63) is 17.0 Å². The summed E-state index contributed by atoms with van der Waals surface area (Å²) in [5.74, 6) is -1.05. The van der Waals surface area contributed by atoms with Gasteiger partial charge in [-0.3, -0.25) is 9.69 Å². The number of rotatable bonds is 4. The first kappa shape index (κ1) is 15.0. The van der Waals surface area contributed by atoms with Crippen LogP contribution in [0, 0.1) is 0 Å². The number of aromatic carboxylic acids is 1. The lowest BCUT2D eigenvalue weighted by Gasteiger charge is -2.31. The predicted molar refractivity (Wildman–Crippen MR) is 79.4 cm³/mol. The Morgan fingerprint density at radius 3 is 2.45 bits per heavy atom. The number of hydrogen-bond acceptors (Lipinski definition) is 4. The van der Waals surface area contributed by atoms with Crippen molar-refractivity contribution in [2.24, 2.45) is 0 Å². The number of amides is 1. The number of hydrogen-bond donors (Lipinski definition) is 2. The molecule has 1 saturated heterocycles. The summed E-state index contributed by atoms with van der Waals surface area (Å²) in [5, 5.41) is 12.3. The SMILES string of the molecule is CC1CCC(C)N1C(C)C(=O)Nc1ccc(C(=O)O)s1. The highest BCUT2D eigenvalue weighted by atomic mass is 32.1. The number of thiophene rings is 1. The van der Waals surface area contributed by atoms with Crippen LogP contribution in [0.4, 0.5) is 5.00 Å². The maximum absolute atomic E-state index is 12.3. The third kappa shape index (κ3) is 3.02. The van der Waals surface area contributed by atoms with Crippen LogP contribution in [-0.4, -0.2) is 40.0 Å². The number of nitrogens with zero attached hydrogens (tertiary/aromatic N) is 1. The number of carbonyl (C=O) groups is 2. The Labute approximate surface area is 122 Å². The fourth-order valence-corrected chi connectivity index (χ4v) is 3.61. The van der Waals surface area contributed by atoms with Gasteiger partial charge in [-0.05, 0) is 45.7 Å². The Balaban J connectivity index is 2.01. The third-order valence-corrected chi connectivity index (χ3v) is 4.90. The minimum Gasteiger partial charge on any atom is -0.477 e. The average molecular weight is 296 g/mol. The van der Waals surface area contributed by atoms with E-state index < -0.39 is 5.97 Å².